The van der Waals surface area contributed by atoms with Crippen molar-refractivity contribution in [2.75, 3.05) is 20.3 Å². The van der Waals surface area contributed by atoms with Crippen LogP contribution >= 0.6 is 0 Å². The van der Waals surface area contributed by atoms with Crippen LogP contribution in [0.1, 0.15) is 6.42 Å². The van der Waals surface area contributed by atoms with Crippen molar-refractivity contribution in [3.05, 3.63) is 23.5 Å². The molecule has 0 aromatic carbocycles. The first kappa shape index (κ1) is 20.2. The van der Waals surface area contributed by atoms with Gasteiger partial charge in [0, 0.05) is 5.92 Å². The minimum Gasteiger partial charge on any atom is -0.471 e. The molecule has 0 amide bonds. The average molecular weight is 388 g/mol. The third-order valence-corrected chi connectivity index (χ3v) is 5.24. The second-order valence-corrected chi connectivity index (χ2v) is 6.71. The largest absolute Gasteiger partial charge is 0.471 e. The van der Waals surface area contributed by atoms with Gasteiger partial charge in [-0.3, -0.25) is 0 Å². The summed E-state index contributed by atoms with van der Waals surface area (Å²) in [5, 5.41) is 48.8. The van der Waals surface area contributed by atoms with E-state index in [4.69, 9.17) is 18.9 Å². The topological polar surface area (TPSA) is 155 Å². The Bertz CT molecular complexity index is 615. The third-order valence-electron chi connectivity index (χ3n) is 5.24. The first-order valence-electron chi connectivity index (χ1n) is 8.62. The number of hydrogen-bond donors (Lipinski definition) is 5. The minimum absolute atomic E-state index is 0.270. The summed E-state index contributed by atoms with van der Waals surface area (Å²) in [7, 11) is 1.25. The van der Waals surface area contributed by atoms with E-state index in [1.54, 1.807) is 6.08 Å². The van der Waals surface area contributed by atoms with Gasteiger partial charge in [-0.05, 0) is 12.0 Å². The lowest BCUT2D eigenvalue weighted by molar-refractivity contribution is -0.339. The third kappa shape index (κ3) is 3.61. The van der Waals surface area contributed by atoms with Crippen LogP contribution in [-0.2, 0) is 23.7 Å². The molecule has 0 saturated carbocycles. The van der Waals surface area contributed by atoms with E-state index in [0.717, 1.165) is 0 Å². The number of allylic oxidation sites excluding steroid dienone is 1. The van der Waals surface area contributed by atoms with Gasteiger partial charge < -0.3 is 44.5 Å². The summed E-state index contributed by atoms with van der Waals surface area (Å²) in [6.07, 6.45) is -4.73. The van der Waals surface area contributed by atoms with Crippen LogP contribution < -0.4 is 0 Å². The Balaban J connectivity index is 1.80. The van der Waals surface area contributed by atoms with Crippen LogP contribution in [0.3, 0.4) is 0 Å². The zero-order valence-electron chi connectivity index (χ0n) is 14.7. The van der Waals surface area contributed by atoms with Crippen molar-refractivity contribution in [1.29, 1.82) is 0 Å². The molecule has 152 valence electrons. The van der Waals surface area contributed by atoms with Gasteiger partial charge >= 0.3 is 5.97 Å². The molecule has 2 aliphatic heterocycles. The summed E-state index contributed by atoms with van der Waals surface area (Å²) >= 11 is 0. The molecule has 2 heterocycles. The van der Waals surface area contributed by atoms with Crippen molar-refractivity contribution in [2.24, 2.45) is 11.8 Å². The zero-order chi connectivity index (χ0) is 19.7. The normalized spacial score (nSPS) is 41.3. The molecule has 0 spiro atoms. The molecule has 10 heteroatoms. The molecule has 27 heavy (non-hydrogen) atoms. The van der Waals surface area contributed by atoms with Gasteiger partial charge in [-0.15, -0.1) is 0 Å². The minimum atomic E-state index is -1.59. The van der Waals surface area contributed by atoms with Crippen molar-refractivity contribution in [2.45, 2.75) is 43.4 Å². The number of carbonyl (C=O) groups is 1. The van der Waals surface area contributed by atoms with Gasteiger partial charge in [0.25, 0.3) is 0 Å². The van der Waals surface area contributed by atoms with Crippen LogP contribution in [0.2, 0.25) is 0 Å². The fourth-order valence-electron chi connectivity index (χ4n) is 3.73. The molecular formula is C17H24O10. The Labute approximate surface area is 155 Å². The average Bonchev–Trinajstić information content (AvgIpc) is 3.12. The molecule has 1 saturated heterocycles. The van der Waals surface area contributed by atoms with E-state index in [-0.39, 0.29) is 12.5 Å². The first-order valence-corrected chi connectivity index (χ1v) is 8.62. The number of carbonyl (C=O) groups excluding carboxylic acids is 1. The Morgan fingerprint density at radius 2 is 1.93 bits per heavy atom. The predicted molar refractivity (Wildman–Crippen MR) is 86.6 cm³/mol. The smallest absolute Gasteiger partial charge is 0.337 e. The number of fused-ring (bicyclic) bond motifs is 1. The van der Waals surface area contributed by atoms with Gasteiger partial charge in [0.1, 0.15) is 24.4 Å². The number of aliphatic hydroxyl groups excluding tert-OH is 5. The maximum Gasteiger partial charge on any atom is 0.337 e. The van der Waals surface area contributed by atoms with Gasteiger partial charge in [0.2, 0.25) is 6.29 Å². The second-order valence-electron chi connectivity index (χ2n) is 6.71. The van der Waals surface area contributed by atoms with Gasteiger partial charge in [-0.25, -0.2) is 4.79 Å². The highest BCUT2D eigenvalue weighted by molar-refractivity contribution is 5.89. The second kappa shape index (κ2) is 8.23. The van der Waals surface area contributed by atoms with Crippen molar-refractivity contribution >= 4 is 5.97 Å². The lowest BCUT2D eigenvalue weighted by atomic mass is 9.83. The van der Waals surface area contributed by atoms with Gasteiger partial charge in [0.15, 0.2) is 6.29 Å². The van der Waals surface area contributed by atoms with Crippen LogP contribution in [0.4, 0.5) is 0 Å². The maximum absolute atomic E-state index is 12.0. The number of methoxy groups -OCH3 is 1. The number of ether oxygens (including phenoxy) is 4. The number of rotatable bonds is 5. The highest BCUT2D eigenvalue weighted by Gasteiger charge is 2.49. The molecular weight excluding hydrogens is 364 g/mol. The maximum atomic E-state index is 12.0. The van der Waals surface area contributed by atoms with E-state index in [1.807, 2.05) is 0 Å². The Morgan fingerprint density at radius 3 is 2.56 bits per heavy atom. The van der Waals surface area contributed by atoms with E-state index in [9.17, 15) is 30.3 Å². The van der Waals surface area contributed by atoms with Crippen LogP contribution in [0.5, 0.6) is 0 Å². The van der Waals surface area contributed by atoms with Crippen molar-refractivity contribution < 1.29 is 49.3 Å². The van der Waals surface area contributed by atoms with E-state index in [2.05, 4.69) is 0 Å². The summed E-state index contributed by atoms with van der Waals surface area (Å²) in [5.41, 5.74) is 0.903. The Morgan fingerprint density at radius 1 is 1.19 bits per heavy atom. The van der Waals surface area contributed by atoms with E-state index < -0.39 is 55.5 Å². The van der Waals surface area contributed by atoms with Crippen molar-refractivity contribution in [3.8, 4) is 0 Å². The number of hydrogen-bond acceptors (Lipinski definition) is 10. The first-order chi connectivity index (χ1) is 12.9. The summed E-state index contributed by atoms with van der Waals surface area (Å²) in [6.45, 7) is -0.857. The fraction of sp³-hybridized carbons (Fsp3) is 0.706. The molecule has 10 nitrogen and oxygen atoms in total. The highest BCUT2D eigenvalue weighted by Crippen LogP contribution is 2.44. The van der Waals surface area contributed by atoms with Crippen LogP contribution in [0.15, 0.2) is 23.5 Å². The zero-order valence-corrected chi connectivity index (χ0v) is 14.7. The van der Waals surface area contributed by atoms with Gasteiger partial charge in [-0.1, -0.05) is 6.08 Å². The summed E-state index contributed by atoms with van der Waals surface area (Å²) < 4.78 is 21.3. The molecule has 0 aromatic rings. The lowest BCUT2D eigenvalue weighted by Gasteiger charge is -2.42. The van der Waals surface area contributed by atoms with E-state index >= 15 is 0 Å². The molecule has 0 radical (unpaired) electrons. The summed E-state index contributed by atoms with van der Waals surface area (Å²) in [4.78, 5) is 12.0. The van der Waals surface area contributed by atoms with Crippen molar-refractivity contribution in [3.63, 3.8) is 0 Å². The summed E-state index contributed by atoms with van der Waals surface area (Å²) in [6, 6.07) is 0. The van der Waals surface area contributed by atoms with Crippen LogP contribution in [-0.4, -0.2) is 88.8 Å². The van der Waals surface area contributed by atoms with Crippen LogP contribution in [0, 0.1) is 11.8 Å². The van der Waals surface area contributed by atoms with Gasteiger partial charge in [-0.2, -0.15) is 0 Å². The van der Waals surface area contributed by atoms with Crippen molar-refractivity contribution in [1.82, 2.24) is 0 Å². The van der Waals surface area contributed by atoms with E-state index in [0.29, 0.717) is 17.6 Å². The number of aliphatic hydroxyl groups is 5. The molecule has 3 rings (SSSR count). The molecule has 0 aromatic heterocycles. The fourth-order valence-corrected chi connectivity index (χ4v) is 3.73. The monoisotopic (exact) mass is 388 g/mol. The molecule has 0 unspecified atom stereocenters. The van der Waals surface area contributed by atoms with Crippen LogP contribution in [0.25, 0.3) is 0 Å². The molecule has 1 fully saturated rings. The quantitative estimate of drug-likeness (QED) is 0.258. The van der Waals surface area contributed by atoms with Gasteiger partial charge in [0.05, 0.1) is 38.1 Å². The standard InChI is InChI=1S/C17H24O10/c1-24-15(23)9-6-25-16(11-7(4-18)2-3-8(9)11)27-17-14(22)13(21)12(20)10(5-19)26-17/h2,6,8,10-14,16-22H,3-5H2,1H3/t8-,10+,11-,12-,13-,14+,16+,17+/m1/s1. The SMILES string of the molecule is COC(=O)C1=CO[C@@H](O[C@@H]2O[C@@H](CO)[C@@H](O)[C@@H](O)[C@@H]2O)[C@@H]2C(CO)=CC[C@H]12. The number of esters is 1. The molecule has 3 aliphatic rings. The Kier molecular flexibility index (Phi) is 6.16. The molecule has 5 N–H and O–H groups in total. The predicted octanol–water partition coefficient (Wildman–Crippen LogP) is -2.23. The molecule has 1 aliphatic carbocycles. The van der Waals surface area contributed by atoms with E-state index in [1.165, 1.54) is 13.4 Å². The Hall–Kier alpha value is -1.53. The molecule has 0 bridgehead atoms. The summed E-state index contributed by atoms with van der Waals surface area (Å²) in [5.74, 6) is -1.42. The molecule has 8 atom stereocenters. The highest BCUT2D eigenvalue weighted by atomic mass is 16.8. The lowest BCUT2D eigenvalue weighted by Crippen LogP contribution is -2.60.